The fourth-order valence-corrected chi connectivity index (χ4v) is 3.09. The quantitative estimate of drug-likeness (QED) is 0.559. The van der Waals surface area contributed by atoms with Crippen LogP contribution in [-0.4, -0.2) is 47.6 Å². The van der Waals surface area contributed by atoms with Gasteiger partial charge >= 0.3 is 0 Å². The normalized spacial score (nSPS) is 10.4. The van der Waals surface area contributed by atoms with Gasteiger partial charge in [-0.15, -0.1) is 0 Å². The topological polar surface area (TPSA) is 81.4 Å². The third-order valence-corrected chi connectivity index (χ3v) is 4.43. The van der Waals surface area contributed by atoms with Crippen LogP contribution >= 0.6 is 0 Å². The summed E-state index contributed by atoms with van der Waals surface area (Å²) in [6.45, 7) is 0. The maximum absolute atomic E-state index is 5.71. The summed E-state index contributed by atoms with van der Waals surface area (Å²) in [5.41, 5.74) is 2.04. The number of benzene rings is 2. The zero-order valence-corrected chi connectivity index (χ0v) is 17.2. The van der Waals surface area contributed by atoms with Gasteiger partial charge in [-0.3, -0.25) is 0 Å². The predicted molar refractivity (Wildman–Crippen MR) is 107 cm³/mol. The first-order chi connectivity index (χ1) is 14.1. The molecule has 29 heavy (non-hydrogen) atoms. The Balaban J connectivity index is 2.19. The molecule has 3 aromatic rings. The van der Waals surface area contributed by atoms with Crippen molar-refractivity contribution in [2.75, 3.05) is 42.7 Å². The second-order valence-electron chi connectivity index (χ2n) is 5.86. The second kappa shape index (κ2) is 8.64. The summed E-state index contributed by atoms with van der Waals surface area (Å²) >= 11 is 0. The van der Waals surface area contributed by atoms with Gasteiger partial charge in [-0.1, -0.05) is 0 Å². The number of aromatic nitrogens is 1. The summed E-state index contributed by atoms with van der Waals surface area (Å²) in [4.78, 5) is 4.39. The fourth-order valence-electron chi connectivity index (χ4n) is 3.09. The molecule has 0 amide bonds. The third kappa shape index (κ3) is 3.61. The van der Waals surface area contributed by atoms with Gasteiger partial charge in [-0.2, -0.15) is 0 Å². The van der Waals surface area contributed by atoms with Crippen molar-refractivity contribution in [3.63, 3.8) is 0 Å². The van der Waals surface area contributed by atoms with Gasteiger partial charge in [-0.05, 0) is 24.3 Å². The van der Waals surface area contributed by atoms with Crippen LogP contribution < -0.4 is 28.4 Å². The van der Waals surface area contributed by atoms with Crippen LogP contribution in [0.1, 0.15) is 0 Å². The Morgan fingerprint density at radius 1 is 0.586 bits per heavy atom. The number of rotatable bonds is 8. The first-order valence-electron chi connectivity index (χ1n) is 8.66. The maximum Gasteiger partial charge on any atom is 0.203 e. The van der Waals surface area contributed by atoms with Crippen LogP contribution in [0.4, 0.5) is 0 Å². The summed E-state index contributed by atoms with van der Waals surface area (Å²) in [5.74, 6) is 3.56. The van der Waals surface area contributed by atoms with E-state index in [4.69, 9.17) is 32.8 Å². The van der Waals surface area contributed by atoms with E-state index in [9.17, 15) is 0 Å². The average molecular weight is 401 g/mol. The van der Waals surface area contributed by atoms with E-state index in [-0.39, 0.29) is 0 Å². The van der Waals surface area contributed by atoms with Gasteiger partial charge in [0.15, 0.2) is 35.2 Å². The number of nitrogens with zero attached hydrogens (tertiary/aromatic N) is 1. The Bertz CT molecular complexity index is 868. The molecule has 0 atom stereocenters. The smallest absolute Gasteiger partial charge is 0.203 e. The monoisotopic (exact) mass is 401 g/mol. The van der Waals surface area contributed by atoms with Gasteiger partial charge < -0.3 is 32.8 Å². The van der Waals surface area contributed by atoms with Crippen LogP contribution in [0.15, 0.2) is 35.1 Å². The van der Waals surface area contributed by atoms with Crippen LogP contribution in [0, 0.1) is 0 Å². The zero-order valence-electron chi connectivity index (χ0n) is 17.2. The molecule has 1 aromatic heterocycles. The molecule has 0 radical (unpaired) electrons. The van der Waals surface area contributed by atoms with E-state index >= 15 is 0 Å². The highest BCUT2D eigenvalue weighted by atomic mass is 16.5. The van der Waals surface area contributed by atoms with Crippen molar-refractivity contribution in [1.82, 2.24) is 4.98 Å². The minimum Gasteiger partial charge on any atom is -0.493 e. The molecule has 0 N–H and O–H groups in total. The summed E-state index contributed by atoms with van der Waals surface area (Å²) in [5, 5.41) is 0. The first kappa shape index (κ1) is 20.2. The van der Waals surface area contributed by atoms with Crippen molar-refractivity contribution < 1.29 is 32.8 Å². The molecule has 0 fully saturated rings. The van der Waals surface area contributed by atoms with Gasteiger partial charge in [-0.25, -0.2) is 4.98 Å². The molecule has 2 aromatic carbocycles. The second-order valence-corrected chi connectivity index (χ2v) is 5.86. The largest absolute Gasteiger partial charge is 0.493 e. The molecule has 1 heterocycles. The number of hydrogen-bond donors (Lipinski definition) is 0. The first-order valence-corrected chi connectivity index (χ1v) is 8.66. The maximum atomic E-state index is 5.71. The van der Waals surface area contributed by atoms with Crippen molar-refractivity contribution in [3.05, 3.63) is 30.7 Å². The average Bonchev–Trinajstić information content (AvgIpc) is 3.26. The number of oxazole rings is 1. The highest BCUT2D eigenvalue weighted by Crippen LogP contribution is 2.45. The standard InChI is InChI=1S/C21H23NO7/c1-23-14-7-12(8-15(24-2)20(14)27-5)18-19(29-11-22-18)13-9-16(25-3)21(28-6)17(10-13)26-4/h7-11H,1-6H3. The molecule has 0 spiro atoms. The summed E-state index contributed by atoms with van der Waals surface area (Å²) < 4.78 is 38.3. The summed E-state index contributed by atoms with van der Waals surface area (Å²) in [6.07, 6.45) is 1.37. The molecule has 154 valence electrons. The van der Waals surface area contributed by atoms with E-state index in [0.29, 0.717) is 51.5 Å². The Kier molecular flexibility index (Phi) is 6.01. The molecule has 0 aliphatic rings. The van der Waals surface area contributed by atoms with Gasteiger partial charge in [0.05, 0.1) is 42.7 Å². The van der Waals surface area contributed by atoms with Crippen LogP contribution in [0.5, 0.6) is 34.5 Å². The molecular formula is C21H23NO7. The van der Waals surface area contributed by atoms with E-state index in [1.807, 2.05) is 0 Å². The lowest BCUT2D eigenvalue weighted by Gasteiger charge is -2.15. The van der Waals surface area contributed by atoms with Crippen molar-refractivity contribution >= 4 is 0 Å². The third-order valence-electron chi connectivity index (χ3n) is 4.43. The van der Waals surface area contributed by atoms with Gasteiger partial charge in [0, 0.05) is 11.1 Å². The molecule has 0 aliphatic heterocycles. The molecule has 0 bridgehead atoms. The van der Waals surface area contributed by atoms with E-state index in [1.54, 1.807) is 66.9 Å². The number of hydrogen-bond acceptors (Lipinski definition) is 8. The molecule has 8 heteroatoms. The fraction of sp³-hybridized carbons (Fsp3) is 0.286. The Morgan fingerprint density at radius 3 is 1.38 bits per heavy atom. The van der Waals surface area contributed by atoms with Crippen molar-refractivity contribution in [3.8, 4) is 57.1 Å². The van der Waals surface area contributed by atoms with Gasteiger partial charge in [0.1, 0.15) is 5.69 Å². The summed E-state index contributed by atoms with van der Waals surface area (Å²) in [7, 11) is 9.34. The van der Waals surface area contributed by atoms with Crippen LogP contribution in [0.2, 0.25) is 0 Å². The van der Waals surface area contributed by atoms with E-state index < -0.39 is 0 Å². The molecule has 3 rings (SSSR count). The van der Waals surface area contributed by atoms with Crippen LogP contribution in [0.25, 0.3) is 22.6 Å². The minimum absolute atomic E-state index is 0.493. The Labute approximate surface area is 168 Å². The van der Waals surface area contributed by atoms with Crippen molar-refractivity contribution in [2.45, 2.75) is 0 Å². The predicted octanol–water partition coefficient (Wildman–Crippen LogP) is 4.06. The molecule has 8 nitrogen and oxygen atoms in total. The summed E-state index contributed by atoms with van der Waals surface area (Å²) in [6, 6.07) is 7.20. The van der Waals surface area contributed by atoms with Crippen molar-refractivity contribution in [2.24, 2.45) is 0 Å². The lowest BCUT2D eigenvalue weighted by Crippen LogP contribution is -1.97. The van der Waals surface area contributed by atoms with Crippen LogP contribution in [-0.2, 0) is 0 Å². The highest BCUT2D eigenvalue weighted by Gasteiger charge is 2.22. The zero-order chi connectivity index (χ0) is 21.0. The SMILES string of the molecule is COc1cc(-c2ncoc2-c2cc(OC)c(OC)c(OC)c2)cc(OC)c1OC. The van der Waals surface area contributed by atoms with Crippen LogP contribution in [0.3, 0.4) is 0 Å². The Morgan fingerprint density at radius 2 is 1.00 bits per heavy atom. The minimum atomic E-state index is 0.493. The van der Waals surface area contributed by atoms with E-state index in [0.717, 1.165) is 5.56 Å². The lowest BCUT2D eigenvalue weighted by atomic mass is 10.0. The Hall–Kier alpha value is -3.55. The van der Waals surface area contributed by atoms with E-state index in [2.05, 4.69) is 4.98 Å². The van der Waals surface area contributed by atoms with Gasteiger partial charge in [0.25, 0.3) is 0 Å². The number of methoxy groups -OCH3 is 6. The van der Waals surface area contributed by atoms with Gasteiger partial charge in [0.2, 0.25) is 11.5 Å². The number of ether oxygens (including phenoxy) is 6. The molecule has 0 saturated carbocycles. The van der Waals surface area contributed by atoms with Crippen molar-refractivity contribution in [1.29, 1.82) is 0 Å². The molecule has 0 aliphatic carbocycles. The highest BCUT2D eigenvalue weighted by molar-refractivity contribution is 5.81. The molecule has 0 unspecified atom stereocenters. The molecule has 0 saturated heterocycles. The van der Waals surface area contributed by atoms with E-state index in [1.165, 1.54) is 6.39 Å². The lowest BCUT2D eigenvalue weighted by molar-refractivity contribution is 0.324. The molecular weight excluding hydrogens is 378 g/mol.